The van der Waals surface area contributed by atoms with E-state index in [1.165, 1.54) is 7.05 Å². The van der Waals surface area contributed by atoms with Crippen LogP contribution in [0, 0.1) is 6.92 Å². The van der Waals surface area contributed by atoms with Crippen molar-refractivity contribution in [1.82, 2.24) is 29.9 Å². The highest BCUT2D eigenvalue weighted by Gasteiger charge is 2.15. The molecule has 4 heterocycles. The smallest absolute Gasteiger partial charge is 0.321 e. The number of hydrogen-bond donors (Lipinski definition) is 2. The zero-order chi connectivity index (χ0) is 18.8. The third-order valence-corrected chi connectivity index (χ3v) is 4.14. The number of hydrogen-bond acceptors (Lipinski definition) is 5. The van der Waals surface area contributed by atoms with Gasteiger partial charge in [0.15, 0.2) is 5.65 Å². The van der Waals surface area contributed by atoms with Crippen LogP contribution in [0.5, 0.6) is 0 Å². The van der Waals surface area contributed by atoms with Crippen LogP contribution in [0.3, 0.4) is 0 Å². The first kappa shape index (κ1) is 16.6. The Morgan fingerprint density at radius 3 is 2.70 bits per heavy atom. The van der Waals surface area contributed by atoms with Gasteiger partial charge in [-0.25, -0.2) is 9.31 Å². The van der Waals surface area contributed by atoms with Crippen molar-refractivity contribution in [3.63, 3.8) is 0 Å². The number of carbonyl (C=O) groups excluding carboxylic acids is 1. The Bertz CT molecular complexity index is 1120. The van der Waals surface area contributed by atoms with Crippen LogP contribution < -0.4 is 10.6 Å². The third-order valence-electron chi connectivity index (χ3n) is 4.14. The van der Waals surface area contributed by atoms with Crippen molar-refractivity contribution in [2.45, 2.75) is 6.92 Å². The number of urea groups is 1. The van der Waals surface area contributed by atoms with Gasteiger partial charge in [0.05, 0.1) is 11.4 Å². The molecule has 0 bridgehead atoms. The molecule has 0 aromatic carbocycles. The van der Waals surface area contributed by atoms with Gasteiger partial charge in [-0.3, -0.25) is 15.3 Å². The zero-order valence-corrected chi connectivity index (χ0v) is 14.8. The van der Waals surface area contributed by atoms with E-state index < -0.39 is 0 Å². The van der Waals surface area contributed by atoms with E-state index >= 15 is 0 Å². The first-order valence-corrected chi connectivity index (χ1v) is 8.37. The predicted molar refractivity (Wildman–Crippen MR) is 102 cm³/mol. The van der Waals surface area contributed by atoms with E-state index in [0.717, 1.165) is 28.1 Å². The maximum absolute atomic E-state index is 11.6. The molecule has 4 rings (SSSR count). The molecule has 0 aliphatic rings. The van der Waals surface area contributed by atoms with Gasteiger partial charge in [0, 0.05) is 31.2 Å². The lowest BCUT2D eigenvalue weighted by molar-refractivity contribution is 0.254. The summed E-state index contributed by atoms with van der Waals surface area (Å²) in [4.78, 5) is 24.8. The van der Waals surface area contributed by atoms with E-state index in [2.05, 4.69) is 30.7 Å². The van der Waals surface area contributed by atoms with E-state index in [4.69, 9.17) is 0 Å². The van der Waals surface area contributed by atoms with Crippen LogP contribution in [0.4, 0.5) is 10.7 Å². The van der Waals surface area contributed by atoms with Gasteiger partial charge in [0.1, 0.15) is 0 Å². The second kappa shape index (κ2) is 6.83. The van der Waals surface area contributed by atoms with Gasteiger partial charge in [-0.15, -0.1) is 5.10 Å². The van der Waals surface area contributed by atoms with Crippen LogP contribution in [0.25, 0.3) is 28.2 Å². The molecule has 4 aromatic rings. The highest BCUT2D eigenvalue weighted by atomic mass is 16.2. The van der Waals surface area contributed by atoms with Gasteiger partial charge >= 0.3 is 6.03 Å². The molecule has 2 amide bonds. The van der Waals surface area contributed by atoms with Gasteiger partial charge in [-0.05, 0) is 42.3 Å². The summed E-state index contributed by atoms with van der Waals surface area (Å²) in [6.07, 6.45) is 5.26. The highest BCUT2D eigenvalue weighted by molar-refractivity contribution is 5.87. The van der Waals surface area contributed by atoms with Gasteiger partial charge in [0.25, 0.3) is 5.95 Å². The van der Waals surface area contributed by atoms with E-state index in [1.807, 2.05) is 43.3 Å². The molecule has 2 N–H and O–H groups in total. The molecule has 0 spiro atoms. The summed E-state index contributed by atoms with van der Waals surface area (Å²) in [5.74, 6) is 0.215. The summed E-state index contributed by atoms with van der Waals surface area (Å²) in [5.41, 5.74) is 5.08. The Balaban J connectivity index is 1.95. The van der Waals surface area contributed by atoms with Crippen LogP contribution >= 0.6 is 0 Å². The maximum atomic E-state index is 11.6. The Labute approximate surface area is 155 Å². The molecule has 134 valence electrons. The molecule has 27 heavy (non-hydrogen) atoms. The number of amides is 2. The van der Waals surface area contributed by atoms with Crippen LogP contribution in [0.2, 0.25) is 0 Å². The predicted octanol–water partition coefficient (Wildman–Crippen LogP) is 2.91. The summed E-state index contributed by atoms with van der Waals surface area (Å²) < 4.78 is 1.68. The first-order chi connectivity index (χ1) is 13.2. The zero-order valence-electron chi connectivity index (χ0n) is 14.8. The quantitative estimate of drug-likeness (QED) is 0.586. The Morgan fingerprint density at radius 2 is 1.96 bits per heavy atom. The van der Waals surface area contributed by atoms with Crippen LogP contribution in [-0.2, 0) is 0 Å². The number of fused-ring (bicyclic) bond motifs is 1. The molecule has 4 aromatic heterocycles. The van der Waals surface area contributed by atoms with Gasteiger partial charge in [0.2, 0.25) is 0 Å². The lowest BCUT2D eigenvalue weighted by Gasteiger charge is -2.09. The molecule has 0 saturated carbocycles. The lowest BCUT2D eigenvalue weighted by atomic mass is 10.1. The number of nitrogens with one attached hydrogen (secondary N) is 2. The van der Waals surface area contributed by atoms with E-state index in [-0.39, 0.29) is 12.0 Å². The van der Waals surface area contributed by atoms with Crippen LogP contribution in [0.1, 0.15) is 5.56 Å². The molecule has 8 nitrogen and oxygen atoms in total. The number of aromatic nitrogens is 5. The minimum absolute atomic E-state index is 0.215. The molecule has 0 unspecified atom stereocenters. The number of pyridine rings is 3. The number of rotatable bonds is 3. The second-order valence-corrected chi connectivity index (χ2v) is 5.95. The third kappa shape index (κ3) is 3.20. The average Bonchev–Trinajstić information content (AvgIpc) is 3.10. The van der Waals surface area contributed by atoms with E-state index in [9.17, 15) is 4.79 Å². The normalized spacial score (nSPS) is 10.7. The number of nitrogens with zero attached hydrogens (tertiary/aromatic N) is 5. The van der Waals surface area contributed by atoms with Gasteiger partial charge in [-0.1, -0.05) is 12.1 Å². The molecule has 0 radical (unpaired) electrons. The average molecular weight is 359 g/mol. The fourth-order valence-electron chi connectivity index (χ4n) is 2.82. The van der Waals surface area contributed by atoms with E-state index in [1.54, 1.807) is 23.1 Å². The summed E-state index contributed by atoms with van der Waals surface area (Å²) in [6.45, 7) is 1.99. The Kier molecular flexibility index (Phi) is 4.21. The van der Waals surface area contributed by atoms with Crippen LogP contribution in [-0.4, -0.2) is 37.6 Å². The Morgan fingerprint density at radius 1 is 1.11 bits per heavy atom. The molecule has 0 fully saturated rings. The van der Waals surface area contributed by atoms with Crippen molar-refractivity contribution in [3.05, 3.63) is 60.6 Å². The topological polar surface area (TPSA) is 97.1 Å². The van der Waals surface area contributed by atoms with E-state index in [0.29, 0.717) is 5.65 Å². The summed E-state index contributed by atoms with van der Waals surface area (Å²) in [6, 6.07) is 11.3. The molecular weight excluding hydrogens is 342 g/mol. The van der Waals surface area contributed by atoms with Crippen molar-refractivity contribution in [3.8, 4) is 22.5 Å². The number of aryl methyl sites for hydroxylation is 1. The molecule has 0 atom stereocenters. The SMILES string of the molecule is CNC(=O)Nc1nc2cc(-c3cccnc3)cc(-c3ncccc3C)n2n1. The number of carbonyl (C=O) groups is 1. The van der Waals surface area contributed by atoms with Crippen molar-refractivity contribution in [2.24, 2.45) is 0 Å². The van der Waals surface area contributed by atoms with Crippen molar-refractivity contribution < 1.29 is 4.79 Å². The molecule has 0 aliphatic heterocycles. The minimum Gasteiger partial charge on any atom is -0.341 e. The largest absolute Gasteiger partial charge is 0.341 e. The highest BCUT2D eigenvalue weighted by Crippen LogP contribution is 2.28. The van der Waals surface area contributed by atoms with Crippen molar-refractivity contribution in [1.29, 1.82) is 0 Å². The molecule has 8 heteroatoms. The fourth-order valence-corrected chi connectivity index (χ4v) is 2.82. The van der Waals surface area contributed by atoms with Gasteiger partial charge in [-0.2, -0.15) is 4.98 Å². The number of anilines is 1. The standard InChI is InChI=1S/C19H17N7O/c1-12-5-3-8-22-17(12)15-9-14(13-6-4-7-21-11-13)10-16-23-18(25-26(15)16)24-19(27)20-2/h3-11H,1-2H3,(H2,20,24,25,27). The Hall–Kier alpha value is -3.81. The fraction of sp³-hybridized carbons (Fsp3) is 0.105. The maximum Gasteiger partial charge on any atom is 0.321 e. The van der Waals surface area contributed by atoms with Gasteiger partial charge < -0.3 is 5.32 Å². The molecule has 0 saturated heterocycles. The minimum atomic E-state index is -0.381. The second-order valence-electron chi connectivity index (χ2n) is 5.95. The molecular formula is C19H17N7O. The van der Waals surface area contributed by atoms with Crippen molar-refractivity contribution in [2.75, 3.05) is 12.4 Å². The monoisotopic (exact) mass is 359 g/mol. The van der Waals surface area contributed by atoms with Crippen LogP contribution in [0.15, 0.2) is 55.0 Å². The first-order valence-electron chi connectivity index (χ1n) is 8.37. The van der Waals surface area contributed by atoms with Crippen molar-refractivity contribution >= 4 is 17.6 Å². The summed E-state index contributed by atoms with van der Waals surface area (Å²) in [5, 5.41) is 9.53. The summed E-state index contributed by atoms with van der Waals surface area (Å²) in [7, 11) is 1.54. The lowest BCUT2D eigenvalue weighted by Crippen LogP contribution is -2.25. The summed E-state index contributed by atoms with van der Waals surface area (Å²) >= 11 is 0. The molecule has 0 aliphatic carbocycles.